The molecular weight excluding hydrogens is 338 g/mol. The van der Waals surface area contributed by atoms with Gasteiger partial charge in [0.25, 0.3) is 0 Å². The van der Waals surface area contributed by atoms with E-state index in [2.05, 4.69) is 33.6 Å². The number of nitrogens with one attached hydrogen (secondary N) is 1. The summed E-state index contributed by atoms with van der Waals surface area (Å²) in [6, 6.07) is 0.928. The maximum absolute atomic E-state index is 12.9. The van der Waals surface area contributed by atoms with Crippen molar-refractivity contribution >= 4 is 5.91 Å². The third-order valence-electron chi connectivity index (χ3n) is 6.94. The van der Waals surface area contributed by atoms with Crippen LogP contribution in [0.15, 0.2) is 6.20 Å². The van der Waals surface area contributed by atoms with Crippen molar-refractivity contribution in [3.63, 3.8) is 0 Å². The summed E-state index contributed by atoms with van der Waals surface area (Å²) < 4.78 is 2.02. The molecule has 4 fully saturated rings. The van der Waals surface area contributed by atoms with Gasteiger partial charge in [-0.15, -0.1) is 5.10 Å². The van der Waals surface area contributed by atoms with E-state index < -0.39 is 0 Å². The Morgan fingerprint density at radius 1 is 1.26 bits per heavy atom. The first-order valence-electron chi connectivity index (χ1n) is 11.2. The third-order valence-corrected chi connectivity index (χ3v) is 6.94. The fraction of sp³-hybridized carbons (Fsp3) is 0.857. The van der Waals surface area contributed by atoms with Crippen LogP contribution in [0.1, 0.15) is 70.4 Å². The summed E-state index contributed by atoms with van der Waals surface area (Å²) in [5, 5.41) is 12.0. The number of hydrogen-bond donors (Lipinski definition) is 1. The minimum absolute atomic E-state index is 0.188. The Hall–Kier alpha value is -1.43. The van der Waals surface area contributed by atoms with Gasteiger partial charge < -0.3 is 5.32 Å². The molecule has 1 aromatic rings. The highest BCUT2D eigenvalue weighted by Crippen LogP contribution is 2.37. The molecule has 1 saturated carbocycles. The van der Waals surface area contributed by atoms with E-state index in [0.717, 1.165) is 38.2 Å². The normalized spacial score (nSPS) is 31.1. The van der Waals surface area contributed by atoms with E-state index >= 15 is 0 Å². The first kappa shape index (κ1) is 18.9. The monoisotopic (exact) mass is 373 g/mol. The Morgan fingerprint density at radius 2 is 2.11 bits per heavy atom. The smallest absolute Gasteiger partial charge is 0.224 e. The highest BCUT2D eigenvalue weighted by Gasteiger charge is 2.43. The molecule has 1 aromatic heterocycles. The summed E-state index contributed by atoms with van der Waals surface area (Å²) in [7, 11) is 0. The van der Waals surface area contributed by atoms with Crippen molar-refractivity contribution in [3.8, 4) is 0 Å². The maximum atomic E-state index is 12.9. The molecule has 3 aliphatic heterocycles. The van der Waals surface area contributed by atoms with Crippen LogP contribution in [0.2, 0.25) is 0 Å². The van der Waals surface area contributed by atoms with Crippen molar-refractivity contribution < 1.29 is 4.79 Å². The molecule has 3 saturated heterocycles. The SMILES string of the molecule is CCCCc1cn(CC2CC3CCN2CC3C(=O)NC2CCCCC2)nn1. The van der Waals surface area contributed by atoms with Gasteiger partial charge in [-0.05, 0) is 51.0 Å². The Balaban J connectivity index is 1.30. The summed E-state index contributed by atoms with van der Waals surface area (Å²) in [5.74, 6) is 1.04. The molecule has 4 aliphatic rings. The lowest BCUT2D eigenvalue weighted by Gasteiger charge is -2.49. The number of carbonyl (C=O) groups excluding carboxylic acids is 1. The fourth-order valence-electron chi connectivity index (χ4n) is 5.30. The van der Waals surface area contributed by atoms with Gasteiger partial charge in [-0.25, -0.2) is 0 Å². The Bertz CT molecular complexity index is 624. The van der Waals surface area contributed by atoms with Gasteiger partial charge in [-0.1, -0.05) is 37.8 Å². The summed E-state index contributed by atoms with van der Waals surface area (Å²) >= 11 is 0. The molecule has 2 bridgehead atoms. The minimum Gasteiger partial charge on any atom is -0.353 e. The van der Waals surface area contributed by atoms with Crippen molar-refractivity contribution in [3.05, 3.63) is 11.9 Å². The first-order valence-corrected chi connectivity index (χ1v) is 11.2. The molecule has 1 aliphatic carbocycles. The minimum atomic E-state index is 0.188. The number of piperidine rings is 3. The van der Waals surface area contributed by atoms with E-state index in [4.69, 9.17) is 0 Å². The molecule has 4 atom stereocenters. The van der Waals surface area contributed by atoms with E-state index in [1.807, 2.05) is 4.68 Å². The number of aromatic nitrogens is 3. The molecule has 27 heavy (non-hydrogen) atoms. The number of amides is 1. The largest absolute Gasteiger partial charge is 0.353 e. The number of nitrogens with zero attached hydrogens (tertiary/aromatic N) is 4. The average Bonchev–Trinajstić information content (AvgIpc) is 3.15. The van der Waals surface area contributed by atoms with Crippen LogP contribution in [0, 0.1) is 11.8 Å². The van der Waals surface area contributed by atoms with Gasteiger partial charge in [0.2, 0.25) is 5.91 Å². The second-order valence-corrected chi connectivity index (χ2v) is 8.92. The van der Waals surface area contributed by atoms with Gasteiger partial charge in [0.15, 0.2) is 0 Å². The topological polar surface area (TPSA) is 63.1 Å². The zero-order valence-electron chi connectivity index (χ0n) is 16.8. The number of rotatable bonds is 7. The zero-order valence-corrected chi connectivity index (χ0v) is 16.8. The van der Waals surface area contributed by atoms with E-state index in [0.29, 0.717) is 23.9 Å². The van der Waals surface area contributed by atoms with Gasteiger partial charge in [-0.2, -0.15) is 0 Å². The molecule has 0 spiro atoms. The van der Waals surface area contributed by atoms with Crippen LogP contribution in [-0.4, -0.2) is 51.0 Å². The zero-order chi connectivity index (χ0) is 18.6. The quantitative estimate of drug-likeness (QED) is 0.798. The van der Waals surface area contributed by atoms with E-state index in [1.165, 1.54) is 51.4 Å². The summed E-state index contributed by atoms with van der Waals surface area (Å²) in [6.07, 6.45) is 14.0. The van der Waals surface area contributed by atoms with Crippen molar-refractivity contribution in [1.82, 2.24) is 25.2 Å². The molecule has 5 rings (SSSR count). The Morgan fingerprint density at radius 3 is 2.85 bits per heavy atom. The van der Waals surface area contributed by atoms with Crippen LogP contribution >= 0.6 is 0 Å². The molecule has 6 heteroatoms. The van der Waals surface area contributed by atoms with Crippen LogP contribution in [0.3, 0.4) is 0 Å². The van der Waals surface area contributed by atoms with E-state index in [9.17, 15) is 4.79 Å². The molecule has 4 heterocycles. The van der Waals surface area contributed by atoms with Crippen LogP contribution in [-0.2, 0) is 17.8 Å². The number of fused-ring (bicyclic) bond motifs is 3. The van der Waals surface area contributed by atoms with Gasteiger partial charge >= 0.3 is 0 Å². The molecule has 0 aromatic carbocycles. The van der Waals surface area contributed by atoms with E-state index in [-0.39, 0.29) is 5.92 Å². The predicted molar refractivity (Wildman–Crippen MR) is 105 cm³/mol. The highest BCUT2D eigenvalue weighted by atomic mass is 16.2. The van der Waals surface area contributed by atoms with Gasteiger partial charge in [-0.3, -0.25) is 14.4 Å². The Kier molecular flexibility index (Phi) is 6.11. The van der Waals surface area contributed by atoms with Crippen LogP contribution < -0.4 is 5.32 Å². The lowest BCUT2D eigenvalue weighted by atomic mass is 9.75. The third kappa shape index (κ3) is 4.53. The Labute approximate surface area is 163 Å². The number of unbranched alkanes of at least 4 members (excludes halogenated alkanes) is 1. The van der Waals surface area contributed by atoms with Crippen molar-refractivity contribution in [1.29, 1.82) is 0 Å². The van der Waals surface area contributed by atoms with Gasteiger partial charge in [0.1, 0.15) is 0 Å². The standard InChI is InChI=1S/C21H35N5O/c1-2-3-7-18-13-26(24-23-18)14-19-12-16-10-11-25(19)15-20(16)21(27)22-17-8-5-4-6-9-17/h13,16-17,19-20H,2-12,14-15H2,1H3,(H,22,27). The predicted octanol–water partition coefficient (Wildman–Crippen LogP) is 2.78. The van der Waals surface area contributed by atoms with Crippen LogP contribution in [0.25, 0.3) is 0 Å². The molecule has 1 N–H and O–H groups in total. The van der Waals surface area contributed by atoms with E-state index in [1.54, 1.807) is 0 Å². The second-order valence-electron chi connectivity index (χ2n) is 8.92. The number of hydrogen-bond acceptors (Lipinski definition) is 4. The van der Waals surface area contributed by atoms with Crippen LogP contribution in [0.5, 0.6) is 0 Å². The van der Waals surface area contributed by atoms with Crippen molar-refractivity contribution in [2.75, 3.05) is 13.1 Å². The molecular formula is C21H35N5O. The lowest BCUT2D eigenvalue weighted by molar-refractivity contribution is -0.134. The molecule has 4 unspecified atom stereocenters. The first-order chi connectivity index (χ1) is 13.2. The van der Waals surface area contributed by atoms with Crippen LogP contribution in [0.4, 0.5) is 0 Å². The molecule has 150 valence electrons. The molecule has 1 amide bonds. The summed E-state index contributed by atoms with van der Waals surface area (Å²) in [4.78, 5) is 15.4. The highest BCUT2D eigenvalue weighted by molar-refractivity contribution is 5.79. The lowest BCUT2D eigenvalue weighted by Crippen LogP contribution is -2.58. The van der Waals surface area contributed by atoms with Gasteiger partial charge in [0.05, 0.1) is 18.2 Å². The summed E-state index contributed by atoms with van der Waals surface area (Å²) in [5.41, 5.74) is 1.11. The van der Waals surface area contributed by atoms with Crippen molar-refractivity contribution in [2.45, 2.75) is 89.8 Å². The average molecular weight is 374 g/mol. The van der Waals surface area contributed by atoms with Crippen molar-refractivity contribution in [2.24, 2.45) is 11.8 Å². The number of carbonyl (C=O) groups is 1. The van der Waals surface area contributed by atoms with Gasteiger partial charge in [0, 0.05) is 24.8 Å². The fourth-order valence-corrected chi connectivity index (χ4v) is 5.30. The maximum Gasteiger partial charge on any atom is 0.224 e. The summed E-state index contributed by atoms with van der Waals surface area (Å²) in [6.45, 7) is 5.16. The number of aryl methyl sites for hydroxylation is 1. The second kappa shape index (κ2) is 8.72. The molecule has 6 nitrogen and oxygen atoms in total. The molecule has 0 radical (unpaired) electrons.